The van der Waals surface area contributed by atoms with Gasteiger partial charge in [0.1, 0.15) is 5.75 Å². The quantitative estimate of drug-likeness (QED) is 0.634. The van der Waals surface area contributed by atoms with E-state index in [0.717, 1.165) is 27.8 Å². The van der Waals surface area contributed by atoms with Gasteiger partial charge in [0, 0.05) is 16.5 Å². The number of carbonyl (C=O) groups excluding carboxylic acids is 1. The number of benzene rings is 2. The Kier molecular flexibility index (Phi) is 4.30. The molecule has 0 fully saturated rings. The number of rotatable bonds is 4. The highest BCUT2D eigenvalue weighted by Gasteiger charge is 2.13. The topological polar surface area (TPSA) is 39.2 Å². The lowest BCUT2D eigenvalue weighted by Crippen LogP contribution is -1.97. The zero-order chi connectivity index (χ0) is 16.4. The summed E-state index contributed by atoms with van der Waals surface area (Å²) in [4.78, 5) is 16.6. The predicted octanol–water partition coefficient (Wildman–Crippen LogP) is 4.99. The maximum atomic E-state index is 11.8. The van der Waals surface area contributed by atoms with E-state index < -0.39 is 5.24 Å². The lowest BCUT2D eigenvalue weighted by molar-refractivity contribution is 0.108. The molecule has 0 aliphatic heterocycles. The van der Waals surface area contributed by atoms with Crippen molar-refractivity contribution in [3.05, 3.63) is 59.7 Å². The molecule has 0 bridgehead atoms. The Morgan fingerprint density at radius 1 is 1.17 bits per heavy atom. The van der Waals surface area contributed by atoms with Crippen molar-refractivity contribution in [2.45, 2.75) is 13.8 Å². The number of hydrogen-bond acceptors (Lipinski definition) is 3. The van der Waals surface area contributed by atoms with Gasteiger partial charge in [-0.15, -0.1) is 0 Å². The number of hydrogen-bond donors (Lipinski definition) is 0. The maximum absolute atomic E-state index is 11.8. The molecule has 0 atom stereocenters. The average molecular weight is 326 g/mol. The fraction of sp³-hybridized carbons (Fsp3) is 0.158. The second-order valence-electron chi connectivity index (χ2n) is 5.26. The summed E-state index contributed by atoms with van der Waals surface area (Å²) in [5.41, 5.74) is 3.86. The van der Waals surface area contributed by atoms with Crippen LogP contribution in [0.3, 0.4) is 0 Å². The van der Waals surface area contributed by atoms with Gasteiger partial charge in [-0.1, -0.05) is 30.3 Å². The van der Waals surface area contributed by atoms with Crippen LogP contribution in [0.1, 0.15) is 22.8 Å². The van der Waals surface area contributed by atoms with Gasteiger partial charge >= 0.3 is 0 Å². The number of carbonyl (C=O) groups is 1. The number of fused-ring (bicyclic) bond motifs is 1. The van der Waals surface area contributed by atoms with Crippen molar-refractivity contribution in [3.8, 4) is 17.0 Å². The number of para-hydroxylation sites is 1. The average Bonchev–Trinajstić information content (AvgIpc) is 2.55. The van der Waals surface area contributed by atoms with Crippen molar-refractivity contribution < 1.29 is 9.53 Å². The molecule has 1 heterocycles. The molecule has 1 aromatic heterocycles. The zero-order valence-electron chi connectivity index (χ0n) is 13.0. The first kappa shape index (κ1) is 15.5. The van der Waals surface area contributed by atoms with Gasteiger partial charge in [0.2, 0.25) is 0 Å². The molecule has 0 N–H and O–H groups in total. The summed E-state index contributed by atoms with van der Waals surface area (Å²) in [6.07, 6.45) is 0. The summed E-state index contributed by atoms with van der Waals surface area (Å²) in [6, 6.07) is 15.1. The first-order valence-corrected chi connectivity index (χ1v) is 7.81. The molecule has 0 amide bonds. The maximum Gasteiger partial charge on any atom is 0.253 e. The first-order chi connectivity index (χ1) is 11.1. The Morgan fingerprint density at radius 2 is 1.96 bits per heavy atom. The minimum absolute atomic E-state index is 0.470. The first-order valence-electron chi connectivity index (χ1n) is 7.43. The van der Waals surface area contributed by atoms with Gasteiger partial charge in [-0.25, -0.2) is 4.98 Å². The molecule has 23 heavy (non-hydrogen) atoms. The van der Waals surface area contributed by atoms with Crippen LogP contribution in [-0.4, -0.2) is 16.8 Å². The third kappa shape index (κ3) is 3.06. The minimum atomic E-state index is -0.481. The molecular formula is C19H16ClNO2. The molecule has 2 aromatic carbocycles. The lowest BCUT2D eigenvalue weighted by Gasteiger charge is -2.10. The highest BCUT2D eigenvalue weighted by atomic mass is 35.5. The molecule has 4 heteroatoms. The van der Waals surface area contributed by atoms with E-state index in [4.69, 9.17) is 21.3 Å². The van der Waals surface area contributed by atoms with Gasteiger partial charge in [-0.3, -0.25) is 4.79 Å². The number of nitrogens with zero attached hydrogens (tertiary/aromatic N) is 1. The van der Waals surface area contributed by atoms with Crippen molar-refractivity contribution in [1.82, 2.24) is 4.98 Å². The van der Waals surface area contributed by atoms with Crippen molar-refractivity contribution in [3.63, 3.8) is 0 Å². The van der Waals surface area contributed by atoms with Gasteiger partial charge in [-0.2, -0.15) is 0 Å². The summed E-state index contributed by atoms with van der Waals surface area (Å²) in [6.45, 7) is 4.51. The molecule has 3 aromatic rings. The van der Waals surface area contributed by atoms with E-state index in [1.165, 1.54) is 0 Å². The third-order valence-corrected chi connectivity index (χ3v) is 3.90. The molecule has 0 saturated heterocycles. The SMILES string of the molecule is CCOc1cccc(-c2cc(C(=O)Cl)c3cccc(C)c3n2)c1. The normalized spacial score (nSPS) is 10.7. The van der Waals surface area contributed by atoms with E-state index >= 15 is 0 Å². The van der Waals surface area contributed by atoms with Gasteiger partial charge in [0.15, 0.2) is 0 Å². The number of aryl methyl sites for hydroxylation is 1. The molecule has 3 nitrogen and oxygen atoms in total. The summed E-state index contributed by atoms with van der Waals surface area (Å²) >= 11 is 5.78. The summed E-state index contributed by atoms with van der Waals surface area (Å²) < 4.78 is 5.54. The van der Waals surface area contributed by atoms with Crippen LogP contribution in [-0.2, 0) is 0 Å². The fourth-order valence-electron chi connectivity index (χ4n) is 2.61. The van der Waals surface area contributed by atoms with Crippen molar-refractivity contribution in [2.24, 2.45) is 0 Å². The summed E-state index contributed by atoms with van der Waals surface area (Å²) in [5.74, 6) is 0.774. The van der Waals surface area contributed by atoms with Crippen molar-refractivity contribution >= 4 is 27.7 Å². The van der Waals surface area contributed by atoms with E-state index in [1.807, 2.05) is 56.3 Å². The van der Waals surface area contributed by atoms with E-state index in [0.29, 0.717) is 17.9 Å². The third-order valence-electron chi connectivity index (χ3n) is 3.69. The standard InChI is InChI=1S/C19H16ClNO2/c1-3-23-14-8-5-7-13(10-14)17-11-16(19(20)22)15-9-4-6-12(2)18(15)21-17/h4-11H,3H2,1-2H3. The molecular weight excluding hydrogens is 310 g/mol. The molecule has 0 unspecified atom stereocenters. The molecule has 0 saturated carbocycles. The van der Waals surface area contributed by atoms with Crippen molar-refractivity contribution in [1.29, 1.82) is 0 Å². The Balaban J connectivity index is 2.24. The van der Waals surface area contributed by atoms with Crippen LogP contribution < -0.4 is 4.74 Å². The Labute approximate surface area is 139 Å². The molecule has 0 spiro atoms. The molecule has 0 aliphatic carbocycles. The van der Waals surface area contributed by atoms with Crippen LogP contribution >= 0.6 is 11.6 Å². The monoisotopic (exact) mass is 325 g/mol. The number of pyridine rings is 1. The molecule has 0 radical (unpaired) electrons. The Morgan fingerprint density at radius 3 is 2.70 bits per heavy atom. The van der Waals surface area contributed by atoms with Crippen molar-refractivity contribution in [2.75, 3.05) is 6.61 Å². The van der Waals surface area contributed by atoms with Gasteiger partial charge in [0.05, 0.1) is 17.8 Å². The van der Waals surface area contributed by atoms with Crippen LogP contribution in [0.15, 0.2) is 48.5 Å². The van der Waals surface area contributed by atoms with Crippen LogP contribution in [0, 0.1) is 6.92 Å². The van der Waals surface area contributed by atoms with Gasteiger partial charge in [0.25, 0.3) is 5.24 Å². The van der Waals surface area contributed by atoms with Crippen LogP contribution in [0.25, 0.3) is 22.2 Å². The van der Waals surface area contributed by atoms with Crippen LogP contribution in [0.5, 0.6) is 5.75 Å². The van der Waals surface area contributed by atoms with E-state index in [9.17, 15) is 4.79 Å². The second-order valence-corrected chi connectivity index (χ2v) is 5.60. The highest BCUT2D eigenvalue weighted by Crippen LogP contribution is 2.29. The largest absolute Gasteiger partial charge is 0.494 e. The lowest BCUT2D eigenvalue weighted by atomic mass is 10.0. The Hall–Kier alpha value is -2.39. The molecule has 0 aliphatic rings. The fourth-order valence-corrected chi connectivity index (χ4v) is 2.77. The summed E-state index contributed by atoms with van der Waals surface area (Å²) in [7, 11) is 0. The highest BCUT2D eigenvalue weighted by molar-refractivity contribution is 6.68. The molecule has 3 rings (SSSR count). The minimum Gasteiger partial charge on any atom is -0.494 e. The van der Waals surface area contributed by atoms with E-state index in [2.05, 4.69) is 0 Å². The van der Waals surface area contributed by atoms with E-state index in [-0.39, 0.29) is 0 Å². The van der Waals surface area contributed by atoms with Crippen LogP contribution in [0.2, 0.25) is 0 Å². The molecule has 116 valence electrons. The van der Waals surface area contributed by atoms with Gasteiger partial charge < -0.3 is 4.74 Å². The zero-order valence-corrected chi connectivity index (χ0v) is 13.7. The smallest absolute Gasteiger partial charge is 0.253 e. The number of ether oxygens (including phenoxy) is 1. The second kappa shape index (κ2) is 6.39. The van der Waals surface area contributed by atoms with E-state index in [1.54, 1.807) is 6.07 Å². The van der Waals surface area contributed by atoms with Gasteiger partial charge in [-0.05, 0) is 49.2 Å². The summed E-state index contributed by atoms with van der Waals surface area (Å²) in [5, 5.41) is 0.292. The Bertz CT molecular complexity index is 890. The predicted molar refractivity (Wildman–Crippen MR) is 93.3 cm³/mol. The number of aromatic nitrogens is 1. The van der Waals surface area contributed by atoms with Crippen LogP contribution in [0.4, 0.5) is 0 Å². The number of halogens is 1.